The number of carbonyl (C=O) groups excluding carboxylic acids is 2. The summed E-state index contributed by atoms with van der Waals surface area (Å²) in [5.74, 6) is -5.19. The van der Waals surface area contributed by atoms with Crippen molar-refractivity contribution in [1.29, 1.82) is 0 Å². The molecular weight excluding hydrogens is 408 g/mol. The third-order valence-electron chi connectivity index (χ3n) is 6.84. The standard InChI is InChI=1S/C22H20O9/c1-29-12-7-14(31-15(23)8-12)17-20(26)9-13-10-21(17,27)22(28,19(25)30-13)18(20)16(24)11-5-3-2-4-6-11/h2-8,13,17-18,26-28H,9-10H2,1H3. The maximum absolute atomic E-state index is 13.5. The number of Topliss-reactive ketones (excluding diaryl/α,β-unsaturated/α-hetero) is 1. The molecule has 2 heterocycles. The van der Waals surface area contributed by atoms with Crippen LogP contribution >= 0.6 is 0 Å². The van der Waals surface area contributed by atoms with Crippen molar-refractivity contribution in [2.45, 2.75) is 41.7 Å². The third-order valence-corrected chi connectivity index (χ3v) is 6.84. The van der Waals surface area contributed by atoms with E-state index in [9.17, 15) is 29.7 Å². The summed E-state index contributed by atoms with van der Waals surface area (Å²) in [5, 5.41) is 35.1. The largest absolute Gasteiger partial charge is 0.496 e. The molecule has 2 saturated carbocycles. The van der Waals surface area contributed by atoms with Crippen molar-refractivity contribution in [3.63, 3.8) is 0 Å². The van der Waals surface area contributed by atoms with Crippen LogP contribution in [0.15, 0.2) is 51.7 Å². The Labute approximate surface area is 175 Å². The highest BCUT2D eigenvalue weighted by Crippen LogP contribution is 2.67. The van der Waals surface area contributed by atoms with Gasteiger partial charge in [0.05, 0.1) is 30.6 Å². The average molecular weight is 428 g/mol. The van der Waals surface area contributed by atoms with Gasteiger partial charge in [0.1, 0.15) is 23.2 Å². The third kappa shape index (κ3) is 2.39. The van der Waals surface area contributed by atoms with Crippen LogP contribution in [0.4, 0.5) is 0 Å². The number of rotatable bonds is 4. The van der Waals surface area contributed by atoms with Gasteiger partial charge in [0, 0.05) is 24.5 Å². The van der Waals surface area contributed by atoms with E-state index in [2.05, 4.69) is 0 Å². The zero-order valence-corrected chi connectivity index (χ0v) is 16.5. The van der Waals surface area contributed by atoms with E-state index in [4.69, 9.17) is 13.9 Å². The van der Waals surface area contributed by atoms with Crippen LogP contribution < -0.4 is 10.4 Å². The molecule has 3 fully saturated rings. The van der Waals surface area contributed by atoms with Gasteiger partial charge in [0.15, 0.2) is 5.78 Å². The molecule has 0 amide bonds. The molecule has 6 atom stereocenters. The van der Waals surface area contributed by atoms with Crippen LogP contribution in [0.5, 0.6) is 5.75 Å². The van der Waals surface area contributed by atoms with Crippen LogP contribution in [0.2, 0.25) is 0 Å². The SMILES string of the molecule is COc1cc(C2C3(O)CC4CC2(O)C(O)(C(=O)O4)C3C(=O)c2ccccc2)oc(=O)c1. The Morgan fingerprint density at radius 3 is 2.48 bits per heavy atom. The van der Waals surface area contributed by atoms with Crippen molar-refractivity contribution >= 4 is 11.8 Å². The zero-order valence-electron chi connectivity index (χ0n) is 16.5. The second-order valence-electron chi connectivity index (χ2n) is 8.43. The van der Waals surface area contributed by atoms with Crippen molar-refractivity contribution in [1.82, 2.24) is 0 Å². The first-order valence-electron chi connectivity index (χ1n) is 9.81. The van der Waals surface area contributed by atoms with Gasteiger partial charge in [0.2, 0.25) is 5.60 Å². The Balaban J connectivity index is 1.76. The fourth-order valence-corrected chi connectivity index (χ4v) is 5.72. The number of carbonyl (C=O) groups is 2. The number of hydrogen-bond donors (Lipinski definition) is 3. The Morgan fingerprint density at radius 1 is 1.10 bits per heavy atom. The normalized spacial score (nSPS) is 38.1. The summed E-state index contributed by atoms with van der Waals surface area (Å²) in [4.78, 5) is 38.4. The van der Waals surface area contributed by atoms with Gasteiger partial charge in [-0.1, -0.05) is 30.3 Å². The molecule has 1 aromatic carbocycles. The molecule has 0 spiro atoms. The number of hydrogen-bond acceptors (Lipinski definition) is 9. The van der Waals surface area contributed by atoms with Crippen LogP contribution in [0, 0.1) is 5.92 Å². The lowest BCUT2D eigenvalue weighted by molar-refractivity contribution is -0.234. The molecule has 5 rings (SSSR count). The quantitative estimate of drug-likeness (QED) is 0.458. The van der Waals surface area contributed by atoms with Crippen LogP contribution in [-0.2, 0) is 9.53 Å². The first-order valence-corrected chi connectivity index (χ1v) is 9.81. The summed E-state index contributed by atoms with van der Waals surface area (Å²) >= 11 is 0. The van der Waals surface area contributed by atoms with Gasteiger partial charge in [-0.3, -0.25) is 4.79 Å². The zero-order chi connectivity index (χ0) is 22.2. The number of benzene rings is 1. The predicted molar refractivity (Wildman–Crippen MR) is 102 cm³/mol. The fraction of sp³-hybridized carbons (Fsp3) is 0.409. The minimum atomic E-state index is -2.74. The van der Waals surface area contributed by atoms with Gasteiger partial charge >= 0.3 is 11.6 Å². The van der Waals surface area contributed by atoms with E-state index in [0.717, 1.165) is 6.07 Å². The molecule has 1 aromatic heterocycles. The van der Waals surface area contributed by atoms with Crippen LogP contribution in [0.25, 0.3) is 0 Å². The minimum absolute atomic E-state index is 0.106. The molecule has 1 saturated heterocycles. The number of aliphatic hydroxyl groups is 3. The van der Waals surface area contributed by atoms with Gasteiger partial charge in [-0.15, -0.1) is 0 Å². The highest BCUT2D eigenvalue weighted by Gasteiger charge is 2.85. The highest BCUT2D eigenvalue weighted by molar-refractivity contribution is 6.04. The summed E-state index contributed by atoms with van der Waals surface area (Å²) in [6, 6.07) is 10.2. The van der Waals surface area contributed by atoms with Crippen molar-refractivity contribution < 1.29 is 38.8 Å². The van der Waals surface area contributed by atoms with E-state index < -0.39 is 52.1 Å². The molecule has 0 radical (unpaired) electrons. The lowest BCUT2D eigenvalue weighted by Crippen LogP contribution is -2.67. The van der Waals surface area contributed by atoms with Gasteiger partial charge in [-0.25, -0.2) is 9.59 Å². The summed E-state index contributed by atoms with van der Waals surface area (Å²) in [7, 11) is 1.33. The van der Waals surface area contributed by atoms with Crippen LogP contribution in [0.3, 0.4) is 0 Å². The molecule has 1 aliphatic heterocycles. The molecular formula is C22H20O9. The van der Waals surface area contributed by atoms with Crippen LogP contribution in [-0.4, -0.2) is 57.1 Å². The lowest BCUT2D eigenvalue weighted by atomic mass is 9.67. The Hall–Kier alpha value is -3.01. The Morgan fingerprint density at radius 2 is 1.81 bits per heavy atom. The summed E-state index contributed by atoms with van der Waals surface area (Å²) < 4.78 is 15.6. The molecule has 9 heteroatoms. The van der Waals surface area contributed by atoms with Gasteiger partial charge < -0.3 is 29.2 Å². The van der Waals surface area contributed by atoms with Crippen molar-refractivity contribution in [3.05, 3.63) is 64.2 Å². The molecule has 3 bridgehead atoms. The molecule has 3 aliphatic rings. The molecule has 9 nitrogen and oxygen atoms in total. The molecule has 3 N–H and O–H groups in total. The summed E-state index contributed by atoms with van der Waals surface area (Å²) in [6.07, 6.45) is -1.37. The predicted octanol–water partition coefficient (Wildman–Crippen LogP) is 0.157. The molecule has 162 valence electrons. The number of ketones is 1. The molecule has 2 aromatic rings. The first-order chi connectivity index (χ1) is 14.6. The number of fused-ring (bicyclic) bond motifs is 2. The van der Waals surface area contributed by atoms with Gasteiger partial charge in [-0.05, 0) is 0 Å². The smallest absolute Gasteiger partial charge is 0.342 e. The van der Waals surface area contributed by atoms with E-state index >= 15 is 0 Å². The average Bonchev–Trinajstić information content (AvgIpc) is 2.76. The fourth-order valence-electron chi connectivity index (χ4n) is 5.72. The Bertz CT molecular complexity index is 1140. The second-order valence-corrected chi connectivity index (χ2v) is 8.43. The van der Waals surface area contributed by atoms with Crippen LogP contribution in [0.1, 0.15) is 34.9 Å². The summed E-state index contributed by atoms with van der Waals surface area (Å²) in [6.45, 7) is 0. The minimum Gasteiger partial charge on any atom is -0.496 e. The van der Waals surface area contributed by atoms with E-state index in [-0.39, 0.29) is 29.9 Å². The van der Waals surface area contributed by atoms with E-state index in [1.54, 1.807) is 18.2 Å². The first kappa shape index (κ1) is 19.9. The molecule has 2 aliphatic carbocycles. The maximum atomic E-state index is 13.5. The van der Waals surface area contributed by atoms with E-state index in [1.807, 2.05) is 0 Å². The topological polar surface area (TPSA) is 144 Å². The molecule has 31 heavy (non-hydrogen) atoms. The number of methoxy groups -OCH3 is 1. The summed E-state index contributed by atoms with van der Waals surface area (Å²) in [5.41, 5.74) is -7.84. The monoisotopic (exact) mass is 428 g/mol. The molecule has 6 unspecified atom stereocenters. The van der Waals surface area contributed by atoms with Gasteiger partial charge in [-0.2, -0.15) is 0 Å². The van der Waals surface area contributed by atoms with Gasteiger partial charge in [0.25, 0.3) is 0 Å². The van der Waals surface area contributed by atoms with E-state index in [1.165, 1.54) is 25.3 Å². The van der Waals surface area contributed by atoms with Crippen molar-refractivity contribution in [3.8, 4) is 5.75 Å². The highest BCUT2D eigenvalue weighted by atomic mass is 16.6. The van der Waals surface area contributed by atoms with Crippen molar-refractivity contribution in [2.24, 2.45) is 5.92 Å². The maximum Gasteiger partial charge on any atom is 0.342 e. The second kappa shape index (κ2) is 6.25. The number of esters is 1. The number of ether oxygens (including phenoxy) is 2. The van der Waals surface area contributed by atoms with E-state index in [0.29, 0.717) is 0 Å². The Kier molecular flexibility index (Phi) is 4.02. The van der Waals surface area contributed by atoms with Crippen molar-refractivity contribution in [2.75, 3.05) is 7.11 Å². The lowest BCUT2D eigenvalue weighted by Gasteiger charge is -2.49.